The van der Waals surface area contributed by atoms with Gasteiger partial charge in [0.2, 0.25) is 0 Å². The molecule has 0 heterocycles. The van der Waals surface area contributed by atoms with Gasteiger partial charge in [-0.05, 0) is 36.4 Å². The molecule has 6 heteroatoms. The summed E-state index contributed by atoms with van der Waals surface area (Å²) in [6.07, 6.45) is 0. The van der Waals surface area contributed by atoms with Gasteiger partial charge in [-0.2, -0.15) is 0 Å². The normalized spacial score (nSPS) is 10.2. The first-order valence-electron chi connectivity index (χ1n) is 5.38. The molecule has 0 aliphatic carbocycles. The van der Waals surface area contributed by atoms with Gasteiger partial charge in [0.15, 0.2) is 0 Å². The topological polar surface area (TPSA) is 81.1 Å². The molecule has 4 nitrogen and oxygen atoms in total. The van der Waals surface area contributed by atoms with Crippen molar-refractivity contribution in [3.8, 4) is 0 Å². The van der Waals surface area contributed by atoms with Crippen LogP contribution in [-0.4, -0.2) is 5.91 Å². The van der Waals surface area contributed by atoms with E-state index in [9.17, 15) is 9.18 Å². The van der Waals surface area contributed by atoms with Gasteiger partial charge in [0.1, 0.15) is 5.82 Å². The number of nitrogen functional groups attached to an aromatic ring is 2. The molecule has 0 radical (unpaired) electrons. The van der Waals surface area contributed by atoms with Gasteiger partial charge < -0.3 is 16.8 Å². The molecule has 0 fully saturated rings. The van der Waals surface area contributed by atoms with Crippen LogP contribution in [0.3, 0.4) is 0 Å². The van der Waals surface area contributed by atoms with Crippen molar-refractivity contribution < 1.29 is 9.18 Å². The molecule has 0 atom stereocenters. The van der Waals surface area contributed by atoms with Gasteiger partial charge in [-0.1, -0.05) is 11.6 Å². The van der Waals surface area contributed by atoms with Gasteiger partial charge in [-0.15, -0.1) is 0 Å². The Morgan fingerprint density at radius 3 is 2.53 bits per heavy atom. The Labute approximate surface area is 114 Å². The van der Waals surface area contributed by atoms with Gasteiger partial charge in [0.25, 0.3) is 5.91 Å². The van der Waals surface area contributed by atoms with Crippen molar-refractivity contribution in [3.05, 3.63) is 52.8 Å². The Bertz CT molecular complexity index is 626. The predicted molar refractivity (Wildman–Crippen MR) is 74.6 cm³/mol. The molecule has 2 rings (SSSR count). The van der Waals surface area contributed by atoms with E-state index in [4.69, 9.17) is 23.1 Å². The van der Waals surface area contributed by atoms with Crippen molar-refractivity contribution in [2.45, 2.75) is 0 Å². The molecular weight excluding hydrogens is 269 g/mol. The van der Waals surface area contributed by atoms with Gasteiger partial charge in [0.05, 0.1) is 5.56 Å². The molecule has 0 aromatic heterocycles. The number of amides is 1. The number of nitrogens with one attached hydrogen (secondary N) is 1. The zero-order valence-electron chi connectivity index (χ0n) is 9.78. The minimum absolute atomic E-state index is 0.195. The van der Waals surface area contributed by atoms with Crippen LogP contribution in [0.5, 0.6) is 0 Å². The van der Waals surface area contributed by atoms with E-state index >= 15 is 0 Å². The van der Waals surface area contributed by atoms with Crippen LogP contribution in [-0.2, 0) is 0 Å². The second kappa shape index (κ2) is 5.16. The first-order valence-corrected chi connectivity index (χ1v) is 5.76. The molecule has 0 unspecified atom stereocenters. The lowest BCUT2D eigenvalue weighted by atomic mass is 10.1. The van der Waals surface area contributed by atoms with Crippen LogP contribution in [0.15, 0.2) is 36.4 Å². The standard InChI is InChI=1S/C13H11ClFN3O/c14-7-3-8(15)5-10(4-7)18-13(19)11-2-1-9(16)6-12(11)17/h1-6H,16-17H2,(H,18,19). The summed E-state index contributed by atoms with van der Waals surface area (Å²) in [5.41, 5.74) is 12.5. The lowest BCUT2D eigenvalue weighted by molar-refractivity contribution is 0.102. The Hall–Kier alpha value is -2.27. The number of benzene rings is 2. The minimum atomic E-state index is -0.534. The Morgan fingerprint density at radius 1 is 1.16 bits per heavy atom. The Kier molecular flexibility index (Phi) is 3.57. The summed E-state index contributed by atoms with van der Waals surface area (Å²) in [4.78, 5) is 12.0. The Morgan fingerprint density at radius 2 is 1.89 bits per heavy atom. The summed E-state index contributed by atoms with van der Waals surface area (Å²) in [5.74, 6) is -0.993. The van der Waals surface area contributed by atoms with Crippen LogP contribution >= 0.6 is 11.6 Å². The fourth-order valence-corrected chi connectivity index (χ4v) is 1.83. The van der Waals surface area contributed by atoms with Crippen molar-refractivity contribution in [1.82, 2.24) is 0 Å². The monoisotopic (exact) mass is 279 g/mol. The molecule has 2 aromatic carbocycles. The maximum atomic E-state index is 13.1. The third-order valence-corrected chi connectivity index (χ3v) is 2.66. The minimum Gasteiger partial charge on any atom is -0.399 e. The van der Waals surface area contributed by atoms with Crippen molar-refractivity contribution in [1.29, 1.82) is 0 Å². The summed E-state index contributed by atoms with van der Waals surface area (Å²) < 4.78 is 13.1. The molecular formula is C13H11ClFN3O. The molecule has 1 amide bonds. The van der Waals surface area contributed by atoms with Crippen LogP contribution in [0.2, 0.25) is 5.02 Å². The van der Waals surface area contributed by atoms with Crippen LogP contribution in [0.4, 0.5) is 21.5 Å². The average molecular weight is 280 g/mol. The SMILES string of the molecule is Nc1ccc(C(=O)Nc2cc(F)cc(Cl)c2)c(N)c1. The number of hydrogen-bond acceptors (Lipinski definition) is 3. The lowest BCUT2D eigenvalue weighted by Gasteiger charge is -2.08. The van der Waals surface area contributed by atoms with E-state index in [0.717, 1.165) is 12.1 Å². The van der Waals surface area contributed by atoms with Crippen molar-refractivity contribution in [2.24, 2.45) is 0 Å². The summed E-state index contributed by atoms with van der Waals surface area (Å²) >= 11 is 5.70. The molecule has 0 aliphatic heterocycles. The number of rotatable bonds is 2. The summed E-state index contributed by atoms with van der Waals surface area (Å²) in [7, 11) is 0. The highest BCUT2D eigenvalue weighted by Crippen LogP contribution is 2.21. The van der Waals surface area contributed by atoms with Crippen molar-refractivity contribution in [2.75, 3.05) is 16.8 Å². The second-order valence-corrected chi connectivity index (χ2v) is 4.40. The van der Waals surface area contributed by atoms with E-state index in [1.165, 1.54) is 18.2 Å². The molecule has 98 valence electrons. The first-order chi connectivity index (χ1) is 8.95. The van der Waals surface area contributed by atoms with Gasteiger partial charge in [0, 0.05) is 22.1 Å². The van der Waals surface area contributed by atoms with E-state index in [2.05, 4.69) is 5.32 Å². The smallest absolute Gasteiger partial charge is 0.257 e. The molecule has 19 heavy (non-hydrogen) atoms. The summed E-state index contributed by atoms with van der Waals surface area (Å²) in [5, 5.41) is 2.71. The fraction of sp³-hybridized carbons (Fsp3) is 0. The highest BCUT2D eigenvalue weighted by Gasteiger charge is 2.11. The van der Waals surface area contributed by atoms with E-state index in [-0.39, 0.29) is 22.0 Å². The second-order valence-electron chi connectivity index (χ2n) is 3.96. The van der Waals surface area contributed by atoms with E-state index < -0.39 is 11.7 Å². The molecule has 2 aromatic rings. The van der Waals surface area contributed by atoms with Crippen molar-refractivity contribution in [3.63, 3.8) is 0 Å². The first kappa shape index (κ1) is 13.2. The molecule has 0 spiro atoms. The van der Waals surface area contributed by atoms with E-state index in [1.54, 1.807) is 6.07 Å². The summed E-state index contributed by atoms with van der Waals surface area (Å²) in [6.45, 7) is 0. The zero-order valence-corrected chi connectivity index (χ0v) is 10.5. The van der Waals surface area contributed by atoms with E-state index in [1.807, 2.05) is 0 Å². The average Bonchev–Trinajstić information content (AvgIpc) is 2.26. The lowest BCUT2D eigenvalue weighted by Crippen LogP contribution is -2.14. The number of carbonyl (C=O) groups excluding carboxylic acids is 1. The van der Waals surface area contributed by atoms with Gasteiger partial charge in [-0.3, -0.25) is 4.79 Å². The third-order valence-electron chi connectivity index (χ3n) is 2.44. The fourth-order valence-electron chi connectivity index (χ4n) is 1.61. The number of halogens is 2. The number of anilines is 3. The maximum absolute atomic E-state index is 13.1. The predicted octanol–water partition coefficient (Wildman–Crippen LogP) is 2.90. The van der Waals surface area contributed by atoms with Gasteiger partial charge >= 0.3 is 0 Å². The van der Waals surface area contributed by atoms with Gasteiger partial charge in [-0.25, -0.2) is 4.39 Å². The molecule has 5 N–H and O–H groups in total. The summed E-state index contributed by atoms with van der Waals surface area (Å²) in [6, 6.07) is 8.29. The zero-order chi connectivity index (χ0) is 14.0. The molecule has 0 saturated carbocycles. The number of nitrogens with two attached hydrogens (primary N) is 2. The molecule has 0 aliphatic rings. The van der Waals surface area contributed by atoms with E-state index in [0.29, 0.717) is 5.69 Å². The number of hydrogen-bond donors (Lipinski definition) is 3. The van der Waals surface area contributed by atoms with Crippen LogP contribution in [0.1, 0.15) is 10.4 Å². The molecule has 0 saturated heterocycles. The third kappa shape index (κ3) is 3.14. The maximum Gasteiger partial charge on any atom is 0.257 e. The largest absolute Gasteiger partial charge is 0.399 e. The van der Waals surface area contributed by atoms with Crippen molar-refractivity contribution >= 4 is 34.6 Å². The van der Waals surface area contributed by atoms with Crippen LogP contribution in [0, 0.1) is 5.82 Å². The van der Waals surface area contributed by atoms with Crippen LogP contribution < -0.4 is 16.8 Å². The Balaban J connectivity index is 2.25. The molecule has 0 bridgehead atoms. The highest BCUT2D eigenvalue weighted by molar-refractivity contribution is 6.31. The van der Waals surface area contributed by atoms with Crippen LogP contribution in [0.25, 0.3) is 0 Å². The quantitative estimate of drug-likeness (QED) is 0.739. The highest BCUT2D eigenvalue weighted by atomic mass is 35.5. The number of carbonyl (C=O) groups is 1.